The summed E-state index contributed by atoms with van der Waals surface area (Å²) >= 11 is 0. The topological polar surface area (TPSA) is 108 Å². The predicted molar refractivity (Wildman–Crippen MR) is 452 cm³/mol. The van der Waals surface area contributed by atoms with E-state index < -0.39 is 0 Å². The maximum absolute atomic E-state index is 6.44. The van der Waals surface area contributed by atoms with Crippen LogP contribution in [0.1, 0.15) is 0 Å². The van der Waals surface area contributed by atoms with E-state index in [0.717, 1.165) is 95.2 Å². The molecule has 0 bridgehead atoms. The van der Waals surface area contributed by atoms with Crippen molar-refractivity contribution in [3.05, 3.63) is 383 Å². The van der Waals surface area contributed by atoms with Crippen molar-refractivity contribution in [3.63, 3.8) is 0 Å². The maximum Gasteiger partial charge on any atom is 0.307 e. The van der Waals surface area contributed by atoms with E-state index in [0.29, 0.717) is 18.0 Å². The van der Waals surface area contributed by atoms with Crippen molar-refractivity contribution in [2.45, 2.75) is 0 Å². The molecule has 0 fully saturated rings. The van der Waals surface area contributed by atoms with Crippen LogP contribution >= 0.6 is 0 Å². The smallest absolute Gasteiger partial charge is 0.307 e. The zero-order chi connectivity index (χ0) is 73.0. The summed E-state index contributed by atoms with van der Waals surface area (Å²) < 4.78 is 32.7. The molecule has 0 saturated heterocycles. The fourth-order valence-electron chi connectivity index (χ4n) is 16.9. The molecule has 0 saturated carbocycles. The number of benzene rings is 15. The zero-order valence-corrected chi connectivity index (χ0v) is 59.6. The van der Waals surface area contributed by atoms with Crippen LogP contribution in [0.5, 0.6) is 0 Å². The van der Waals surface area contributed by atoms with Crippen molar-refractivity contribution < 1.29 is 13.3 Å². The number of para-hydroxylation sites is 9. The second kappa shape index (κ2) is 25.8. The molecule has 0 N–H and O–H groups in total. The third kappa shape index (κ3) is 10.1. The number of aromatic nitrogens is 9. The lowest BCUT2D eigenvalue weighted by molar-refractivity contribution is 0.548. The highest BCUT2D eigenvalue weighted by atomic mass is 16.4. The molecule has 0 aliphatic heterocycles. The largest absolute Gasteiger partial charge is 0.423 e. The Labute approximate surface area is 634 Å². The molecule has 0 aliphatic carbocycles. The van der Waals surface area contributed by atoms with Gasteiger partial charge in [-0.3, -0.25) is 13.7 Å². The van der Waals surface area contributed by atoms with Crippen molar-refractivity contribution in [1.29, 1.82) is 0 Å². The molecule has 0 atom stereocenters. The molecule has 0 radical (unpaired) electrons. The second-order valence-corrected chi connectivity index (χ2v) is 27.8. The van der Waals surface area contributed by atoms with Crippen LogP contribution in [0.15, 0.2) is 396 Å². The van der Waals surface area contributed by atoms with Gasteiger partial charge in [0.1, 0.15) is 0 Å². The van der Waals surface area contributed by atoms with Crippen molar-refractivity contribution in [3.8, 4) is 69.1 Å². The van der Waals surface area contributed by atoms with Gasteiger partial charge in [0.25, 0.3) is 0 Å². The Morgan fingerprint density at radius 1 is 0.180 bits per heavy atom. The average Bonchev–Trinajstić information content (AvgIpc) is 1.55. The monoisotopic (exact) mass is 1430 g/mol. The van der Waals surface area contributed by atoms with E-state index in [2.05, 4.69) is 300 Å². The molecule has 9 heterocycles. The molecule has 0 spiro atoms. The van der Waals surface area contributed by atoms with Crippen LogP contribution < -0.4 is 0 Å². The first-order valence-electron chi connectivity index (χ1n) is 37.2. The number of fused-ring (bicyclic) bond motifs is 20. The Morgan fingerprint density at radius 2 is 0.450 bits per heavy atom. The minimum atomic E-state index is 0.558. The fourth-order valence-corrected chi connectivity index (χ4v) is 16.9. The van der Waals surface area contributed by atoms with Crippen LogP contribution in [0, 0.1) is 0 Å². The molecule has 24 rings (SSSR count). The van der Waals surface area contributed by atoms with Gasteiger partial charge in [0.15, 0.2) is 17.3 Å². The van der Waals surface area contributed by atoms with Crippen LogP contribution in [0.25, 0.3) is 200 Å². The molecular formula is C99H63N9O3. The zero-order valence-electron chi connectivity index (χ0n) is 59.6. The molecule has 522 valence electrons. The van der Waals surface area contributed by atoms with Gasteiger partial charge < -0.3 is 27.0 Å². The number of hydrogen-bond donors (Lipinski definition) is 0. The summed E-state index contributed by atoms with van der Waals surface area (Å²) in [6, 6.07) is 129. The summed E-state index contributed by atoms with van der Waals surface area (Å²) in [6.07, 6.45) is 5.44. The Hall–Kier alpha value is -15.3. The summed E-state index contributed by atoms with van der Waals surface area (Å²) in [6.45, 7) is 0. The Morgan fingerprint density at radius 3 is 0.874 bits per heavy atom. The van der Waals surface area contributed by atoms with E-state index in [9.17, 15) is 0 Å². The van der Waals surface area contributed by atoms with Crippen LogP contribution in [0.2, 0.25) is 0 Å². The fraction of sp³-hybridized carbons (Fsp3) is 0. The Balaban J connectivity index is 0.000000102. The van der Waals surface area contributed by atoms with Gasteiger partial charge in [0.05, 0.1) is 84.8 Å². The SMILES string of the molecule is c1ccc(-c2cnc(-n3c4ccccc4c4c5c6ccccc6n(-c6ccccc6)c5ccc43)o2)cc1.c1ccc(-c2cnc(-n3c4ccccc4c4cc5c6ccccc6n(-c6ccccc6)c5cc43)o2)cc1.c1ccc(-c2cnc(-n3c4ccccc4c4ccc5c6ccccc6n(-c6ccccc6)c5c43)o2)cc1. The molecule has 12 heteroatoms. The summed E-state index contributed by atoms with van der Waals surface area (Å²) in [5.41, 5.74) is 19.9. The number of rotatable bonds is 9. The lowest BCUT2D eigenvalue weighted by Crippen LogP contribution is -1.98. The predicted octanol–water partition coefficient (Wildman–Crippen LogP) is 25.6. The lowest BCUT2D eigenvalue weighted by Gasteiger charge is -2.10. The van der Waals surface area contributed by atoms with Crippen LogP contribution in [-0.4, -0.2) is 42.4 Å². The minimum absolute atomic E-state index is 0.558. The van der Waals surface area contributed by atoms with Gasteiger partial charge in [-0.25, -0.2) is 15.0 Å². The number of hydrogen-bond acceptors (Lipinski definition) is 6. The molecule has 24 aromatic rings. The third-order valence-electron chi connectivity index (χ3n) is 21.7. The lowest BCUT2D eigenvalue weighted by atomic mass is 10.1. The van der Waals surface area contributed by atoms with Gasteiger partial charge in [-0.1, -0.05) is 267 Å². The molecule has 0 unspecified atom stereocenters. The average molecular weight is 1430 g/mol. The van der Waals surface area contributed by atoms with E-state index in [1.165, 1.54) is 86.7 Å². The van der Waals surface area contributed by atoms with Crippen LogP contribution in [0.3, 0.4) is 0 Å². The van der Waals surface area contributed by atoms with Gasteiger partial charge in [-0.15, -0.1) is 0 Å². The van der Waals surface area contributed by atoms with Crippen molar-refractivity contribution in [2.24, 2.45) is 0 Å². The summed E-state index contributed by atoms with van der Waals surface area (Å²) in [5.74, 6) is 2.25. The second-order valence-electron chi connectivity index (χ2n) is 27.8. The van der Waals surface area contributed by atoms with Crippen LogP contribution in [-0.2, 0) is 0 Å². The van der Waals surface area contributed by atoms with Crippen LogP contribution in [0.4, 0.5) is 0 Å². The van der Waals surface area contributed by atoms with Crippen molar-refractivity contribution >= 4 is 131 Å². The molecule has 0 amide bonds. The molecule has 0 aliphatic rings. The van der Waals surface area contributed by atoms with E-state index >= 15 is 0 Å². The first kappa shape index (κ1) is 63.0. The minimum Gasteiger partial charge on any atom is -0.423 e. The highest BCUT2D eigenvalue weighted by molar-refractivity contribution is 6.29. The quantitative estimate of drug-likeness (QED) is 0.142. The van der Waals surface area contributed by atoms with E-state index in [1.54, 1.807) is 0 Å². The summed E-state index contributed by atoms with van der Waals surface area (Å²) in [7, 11) is 0. The maximum atomic E-state index is 6.44. The molecule has 111 heavy (non-hydrogen) atoms. The highest BCUT2D eigenvalue weighted by Crippen LogP contribution is 2.46. The van der Waals surface area contributed by atoms with Crippen molar-refractivity contribution in [1.82, 2.24) is 42.4 Å². The summed E-state index contributed by atoms with van der Waals surface area (Å²) in [4.78, 5) is 14.2. The molecule has 15 aromatic carbocycles. The standard InChI is InChI=1S/3C33H21N3O/c1-3-11-22(12-4-1)32-21-34-33(37-32)36-29-18-10-8-16-25(29)27-19-26-24-15-7-9-17-28(24)35(30(26)20-31(27)36)23-13-5-2-6-14-23;1-3-11-22(12-4-1)30-21-34-33(37-30)36-29-18-10-8-16-25(29)27-20-19-26-24-15-7-9-17-28(24)35(31(26)32(27)36)23-13-5-2-6-14-23;1-3-11-22(12-4-1)30-21-34-33(37-30)36-27-18-10-8-16-25(27)32-29(36)20-19-28-31(32)24-15-7-9-17-26(24)35(28)23-13-5-2-6-14-23/h3*1-21H. The normalized spacial score (nSPS) is 11.8. The van der Waals surface area contributed by atoms with Gasteiger partial charge in [-0.05, 0) is 97.1 Å². The first-order valence-corrected chi connectivity index (χ1v) is 37.2. The molecule has 12 nitrogen and oxygen atoms in total. The third-order valence-corrected chi connectivity index (χ3v) is 21.7. The first-order chi connectivity index (χ1) is 55.1. The van der Waals surface area contributed by atoms with E-state index in [-0.39, 0.29) is 0 Å². The Bertz CT molecular complexity index is 7690. The highest BCUT2D eigenvalue weighted by Gasteiger charge is 2.27. The van der Waals surface area contributed by atoms with E-state index in [4.69, 9.17) is 28.2 Å². The van der Waals surface area contributed by atoms with Gasteiger partial charge in [0, 0.05) is 98.4 Å². The number of nitrogens with zero attached hydrogens (tertiary/aromatic N) is 9. The van der Waals surface area contributed by atoms with Gasteiger partial charge in [0.2, 0.25) is 0 Å². The summed E-state index contributed by atoms with van der Waals surface area (Å²) in [5, 5.41) is 14.4. The van der Waals surface area contributed by atoms with Gasteiger partial charge >= 0.3 is 18.0 Å². The van der Waals surface area contributed by atoms with Gasteiger partial charge in [-0.2, -0.15) is 0 Å². The Kier molecular flexibility index (Phi) is 14.6. The molecular weight excluding hydrogens is 1360 g/mol. The molecule has 9 aromatic heterocycles. The van der Waals surface area contributed by atoms with E-state index in [1.807, 2.05) is 110 Å². The number of oxazole rings is 3. The van der Waals surface area contributed by atoms with Crippen molar-refractivity contribution in [2.75, 3.05) is 0 Å².